The van der Waals surface area contributed by atoms with E-state index in [2.05, 4.69) is 25.8 Å². The lowest BCUT2D eigenvalue weighted by Gasteiger charge is -2.45. The molecule has 0 aromatic heterocycles. The van der Waals surface area contributed by atoms with Crippen LogP contribution in [-0.4, -0.2) is 5.78 Å². The third-order valence-corrected chi connectivity index (χ3v) is 4.54. The van der Waals surface area contributed by atoms with Gasteiger partial charge >= 0.3 is 0 Å². The van der Waals surface area contributed by atoms with Gasteiger partial charge in [-0.15, -0.1) is 12.3 Å². The minimum Gasteiger partial charge on any atom is -0.300 e. The van der Waals surface area contributed by atoms with Gasteiger partial charge in [0.2, 0.25) is 0 Å². The average Bonchev–Trinajstić information content (AvgIpc) is 2.52. The number of carbonyl (C=O) groups is 1. The fraction of sp³-hybridized carbons (Fsp3) is 0.571. The van der Waals surface area contributed by atoms with Crippen LogP contribution in [0.3, 0.4) is 0 Å². The Morgan fingerprint density at radius 3 is 2.67 bits per heavy atom. The molecule has 0 aliphatic heterocycles. The maximum absolute atomic E-state index is 11.7. The molecule has 2 aliphatic rings. The van der Waals surface area contributed by atoms with E-state index in [4.69, 9.17) is 0 Å². The average molecular weight is 202 g/mol. The molecule has 0 heterocycles. The van der Waals surface area contributed by atoms with Crippen molar-refractivity contribution in [2.45, 2.75) is 39.0 Å². The first-order valence-electron chi connectivity index (χ1n) is 5.63. The molecule has 0 saturated heterocycles. The number of rotatable bonds is 1. The molecule has 2 saturated carbocycles. The van der Waals surface area contributed by atoms with Gasteiger partial charge < -0.3 is 0 Å². The molecule has 1 nitrogen and oxygen atoms in total. The summed E-state index contributed by atoms with van der Waals surface area (Å²) in [4.78, 5) is 11.7. The molecular weight excluding hydrogens is 184 g/mol. The van der Waals surface area contributed by atoms with Crippen molar-refractivity contribution in [1.82, 2.24) is 0 Å². The quantitative estimate of drug-likeness (QED) is 0.470. The maximum Gasteiger partial charge on any atom is 0.134 e. The normalized spacial score (nSPS) is 39.8. The van der Waals surface area contributed by atoms with Crippen molar-refractivity contribution in [1.29, 1.82) is 0 Å². The minimum absolute atomic E-state index is 0.135. The van der Waals surface area contributed by atoms with E-state index in [1.807, 2.05) is 6.08 Å². The molecule has 0 N–H and O–H groups in total. The molecule has 0 radical (unpaired) electrons. The van der Waals surface area contributed by atoms with Crippen molar-refractivity contribution in [2.75, 3.05) is 0 Å². The molecule has 2 aliphatic carbocycles. The molecule has 2 atom stereocenters. The zero-order chi connectivity index (χ0) is 11.1. The second-order valence-corrected chi connectivity index (χ2v) is 5.11. The van der Waals surface area contributed by atoms with Crippen LogP contribution in [-0.2, 0) is 4.79 Å². The summed E-state index contributed by atoms with van der Waals surface area (Å²) in [7, 11) is 0. The summed E-state index contributed by atoms with van der Waals surface area (Å²) in [6, 6.07) is 0. The van der Waals surface area contributed by atoms with Gasteiger partial charge in [-0.25, -0.2) is 0 Å². The highest BCUT2D eigenvalue weighted by Gasteiger charge is 2.55. The van der Waals surface area contributed by atoms with Crippen molar-refractivity contribution < 1.29 is 4.79 Å². The fourth-order valence-corrected chi connectivity index (χ4v) is 3.38. The highest BCUT2D eigenvalue weighted by molar-refractivity contribution is 5.81. The number of ketones is 1. The van der Waals surface area contributed by atoms with Gasteiger partial charge in [0, 0.05) is 18.3 Å². The molecule has 2 fully saturated rings. The summed E-state index contributed by atoms with van der Waals surface area (Å²) in [6.07, 6.45) is 6.48. The number of fused-ring (bicyclic) bond motifs is 1. The Morgan fingerprint density at radius 2 is 2.07 bits per heavy atom. The molecule has 80 valence electrons. The highest BCUT2D eigenvalue weighted by Crippen LogP contribution is 2.62. The van der Waals surface area contributed by atoms with Crippen LogP contribution in [0.2, 0.25) is 0 Å². The van der Waals surface area contributed by atoms with Crippen LogP contribution in [0.15, 0.2) is 30.5 Å². The third kappa shape index (κ3) is 1.20. The Labute approximate surface area is 91.6 Å². The summed E-state index contributed by atoms with van der Waals surface area (Å²) in [5.41, 5.74) is 4.32. The SMILES string of the molecule is C=C=C1CC[C@]2(C)CCC(=O)C[C@]12C=C. The van der Waals surface area contributed by atoms with Crippen LogP contribution in [0.5, 0.6) is 0 Å². The highest BCUT2D eigenvalue weighted by atomic mass is 16.1. The van der Waals surface area contributed by atoms with E-state index >= 15 is 0 Å². The van der Waals surface area contributed by atoms with Crippen molar-refractivity contribution >= 4 is 5.78 Å². The first-order chi connectivity index (χ1) is 7.08. The number of carbonyl (C=O) groups excluding carboxylic acids is 1. The smallest absolute Gasteiger partial charge is 0.134 e. The molecule has 2 rings (SSSR count). The van der Waals surface area contributed by atoms with Crippen LogP contribution >= 0.6 is 0 Å². The topological polar surface area (TPSA) is 17.1 Å². The fourth-order valence-electron chi connectivity index (χ4n) is 3.38. The largest absolute Gasteiger partial charge is 0.300 e. The molecule has 0 aromatic rings. The van der Waals surface area contributed by atoms with Crippen LogP contribution in [0.1, 0.15) is 39.0 Å². The summed E-state index contributed by atoms with van der Waals surface area (Å²) >= 11 is 0. The molecule has 15 heavy (non-hydrogen) atoms. The monoisotopic (exact) mass is 202 g/mol. The van der Waals surface area contributed by atoms with Crippen molar-refractivity contribution in [3.05, 3.63) is 30.5 Å². The van der Waals surface area contributed by atoms with E-state index in [-0.39, 0.29) is 10.8 Å². The van der Waals surface area contributed by atoms with Gasteiger partial charge in [-0.05, 0) is 30.3 Å². The van der Waals surface area contributed by atoms with Gasteiger partial charge in [0.05, 0.1) is 0 Å². The molecule has 0 aromatic carbocycles. The molecule has 0 unspecified atom stereocenters. The lowest BCUT2D eigenvalue weighted by atomic mass is 9.57. The zero-order valence-corrected chi connectivity index (χ0v) is 9.44. The minimum atomic E-state index is -0.135. The predicted molar refractivity (Wildman–Crippen MR) is 61.5 cm³/mol. The van der Waals surface area contributed by atoms with E-state index in [1.54, 1.807) is 0 Å². The summed E-state index contributed by atoms with van der Waals surface area (Å²) < 4.78 is 0. The number of hydrogen-bond acceptors (Lipinski definition) is 1. The standard InChI is InChI=1S/C14H18O/c1-4-11-6-8-13(3)9-7-12(15)10-14(11,13)5-2/h5H,1-2,6-10H2,3H3/t13-,14-/m1/s1. The van der Waals surface area contributed by atoms with Crippen LogP contribution in [0.4, 0.5) is 0 Å². The second kappa shape index (κ2) is 3.21. The molecular formula is C14H18O. The summed E-state index contributed by atoms with van der Waals surface area (Å²) in [5, 5.41) is 0. The van der Waals surface area contributed by atoms with Gasteiger partial charge in [-0.2, -0.15) is 0 Å². The van der Waals surface area contributed by atoms with Crippen LogP contribution in [0.25, 0.3) is 0 Å². The number of allylic oxidation sites excluding steroid dienone is 2. The third-order valence-electron chi connectivity index (χ3n) is 4.54. The Hall–Kier alpha value is -1.07. The molecule has 1 heteroatoms. The van der Waals surface area contributed by atoms with Gasteiger partial charge in [0.1, 0.15) is 5.78 Å². The Morgan fingerprint density at radius 1 is 1.40 bits per heavy atom. The van der Waals surface area contributed by atoms with Gasteiger partial charge in [-0.1, -0.05) is 19.6 Å². The first-order valence-corrected chi connectivity index (χ1v) is 5.63. The van der Waals surface area contributed by atoms with E-state index in [0.717, 1.165) is 25.7 Å². The van der Waals surface area contributed by atoms with Crippen molar-refractivity contribution in [3.63, 3.8) is 0 Å². The van der Waals surface area contributed by atoms with Crippen LogP contribution in [0, 0.1) is 10.8 Å². The van der Waals surface area contributed by atoms with E-state index in [1.165, 1.54) is 5.57 Å². The second-order valence-electron chi connectivity index (χ2n) is 5.11. The summed E-state index contributed by atoms with van der Waals surface area (Å²) in [5.74, 6) is 0.363. The van der Waals surface area contributed by atoms with Crippen LogP contribution < -0.4 is 0 Å². The summed E-state index contributed by atoms with van der Waals surface area (Å²) in [6.45, 7) is 10.00. The zero-order valence-electron chi connectivity index (χ0n) is 9.44. The van der Waals surface area contributed by atoms with E-state index in [0.29, 0.717) is 12.2 Å². The Balaban J connectivity index is 2.55. The first kappa shape index (κ1) is 10.4. The van der Waals surface area contributed by atoms with Gasteiger partial charge in [0.25, 0.3) is 0 Å². The lowest BCUT2D eigenvalue weighted by Crippen LogP contribution is -2.40. The van der Waals surface area contributed by atoms with Gasteiger partial charge in [-0.3, -0.25) is 4.79 Å². The maximum atomic E-state index is 11.7. The lowest BCUT2D eigenvalue weighted by molar-refractivity contribution is -0.125. The van der Waals surface area contributed by atoms with Gasteiger partial charge in [0.15, 0.2) is 0 Å². The molecule has 0 amide bonds. The predicted octanol–water partition coefficient (Wildman–Crippen LogP) is 3.42. The van der Waals surface area contributed by atoms with Crippen molar-refractivity contribution in [2.24, 2.45) is 10.8 Å². The Kier molecular flexibility index (Phi) is 2.24. The van der Waals surface area contributed by atoms with E-state index in [9.17, 15) is 4.79 Å². The van der Waals surface area contributed by atoms with E-state index < -0.39 is 0 Å². The molecule has 0 bridgehead atoms. The molecule has 0 spiro atoms. The van der Waals surface area contributed by atoms with Crippen molar-refractivity contribution in [3.8, 4) is 0 Å². The number of Topliss-reactive ketones (excluding diaryl/α,β-unsaturated/α-hetero) is 1. The Bertz CT molecular complexity index is 373. The number of hydrogen-bond donors (Lipinski definition) is 0.